The van der Waals surface area contributed by atoms with E-state index in [4.69, 9.17) is 10.2 Å². The third kappa shape index (κ3) is 1.64. The van der Waals surface area contributed by atoms with Crippen molar-refractivity contribution in [3.05, 3.63) is 47.9 Å². The second-order valence-electron chi connectivity index (χ2n) is 3.31. The summed E-state index contributed by atoms with van der Waals surface area (Å²) in [6.45, 7) is 1.73. The Bertz CT molecular complexity index is 486. The highest BCUT2D eigenvalue weighted by Crippen LogP contribution is 2.27. The van der Waals surface area contributed by atoms with Crippen molar-refractivity contribution in [3.63, 3.8) is 0 Å². The molecule has 1 aromatic heterocycles. The molecule has 1 amide bonds. The molecular formula is C12H11NO2. The maximum absolute atomic E-state index is 11.2. The molecule has 2 rings (SSSR count). The molecular weight excluding hydrogens is 190 g/mol. The van der Waals surface area contributed by atoms with Gasteiger partial charge in [0.2, 0.25) is 0 Å². The number of nitrogens with two attached hydrogens (primary N) is 1. The van der Waals surface area contributed by atoms with Gasteiger partial charge in [0.1, 0.15) is 5.76 Å². The molecule has 2 N–H and O–H groups in total. The standard InChI is InChI=1S/C12H11NO2/c1-8-11(12(13)14)10(7-15-8)9-5-3-2-4-6-9/h2-7H,1H3,(H2,13,14). The Hall–Kier alpha value is -2.03. The lowest BCUT2D eigenvalue weighted by molar-refractivity contribution is 0.0999. The molecule has 0 bridgehead atoms. The van der Waals surface area contributed by atoms with Crippen molar-refractivity contribution in [2.24, 2.45) is 5.73 Å². The van der Waals surface area contributed by atoms with E-state index in [0.717, 1.165) is 11.1 Å². The molecule has 0 atom stereocenters. The van der Waals surface area contributed by atoms with Gasteiger partial charge in [0.05, 0.1) is 11.8 Å². The first-order valence-electron chi connectivity index (χ1n) is 4.63. The number of carbonyl (C=O) groups is 1. The zero-order chi connectivity index (χ0) is 10.8. The van der Waals surface area contributed by atoms with E-state index < -0.39 is 5.91 Å². The average molecular weight is 201 g/mol. The minimum absolute atomic E-state index is 0.458. The normalized spacial score (nSPS) is 10.2. The summed E-state index contributed by atoms with van der Waals surface area (Å²) in [5.74, 6) is 0.0986. The molecule has 15 heavy (non-hydrogen) atoms. The monoisotopic (exact) mass is 201 g/mol. The first-order chi connectivity index (χ1) is 7.20. The molecule has 0 fully saturated rings. The maximum Gasteiger partial charge on any atom is 0.252 e. The fourth-order valence-electron chi connectivity index (χ4n) is 1.59. The number of hydrogen-bond acceptors (Lipinski definition) is 2. The molecule has 2 aromatic rings. The van der Waals surface area contributed by atoms with Crippen LogP contribution in [0.5, 0.6) is 0 Å². The van der Waals surface area contributed by atoms with Gasteiger partial charge in [0.25, 0.3) is 5.91 Å². The van der Waals surface area contributed by atoms with Crippen LogP contribution in [0.15, 0.2) is 41.0 Å². The van der Waals surface area contributed by atoms with Gasteiger partial charge in [-0.3, -0.25) is 4.79 Å². The van der Waals surface area contributed by atoms with Crippen LogP contribution in [0.3, 0.4) is 0 Å². The smallest absolute Gasteiger partial charge is 0.252 e. The summed E-state index contributed by atoms with van der Waals surface area (Å²) in [4.78, 5) is 11.2. The SMILES string of the molecule is Cc1occ(-c2ccccc2)c1C(N)=O. The Morgan fingerprint density at radius 2 is 1.93 bits per heavy atom. The van der Waals surface area contributed by atoms with Crippen molar-refractivity contribution in [1.82, 2.24) is 0 Å². The Morgan fingerprint density at radius 1 is 1.27 bits per heavy atom. The van der Waals surface area contributed by atoms with E-state index in [0.29, 0.717) is 11.3 Å². The number of carbonyl (C=O) groups excluding carboxylic acids is 1. The topological polar surface area (TPSA) is 56.2 Å². The zero-order valence-electron chi connectivity index (χ0n) is 8.36. The maximum atomic E-state index is 11.2. The summed E-state index contributed by atoms with van der Waals surface area (Å²) in [7, 11) is 0. The second-order valence-corrected chi connectivity index (χ2v) is 3.31. The Labute approximate surface area is 87.5 Å². The van der Waals surface area contributed by atoms with Gasteiger partial charge in [-0.25, -0.2) is 0 Å². The highest BCUT2D eigenvalue weighted by atomic mass is 16.3. The van der Waals surface area contributed by atoms with Gasteiger partial charge in [-0.1, -0.05) is 30.3 Å². The highest BCUT2D eigenvalue weighted by molar-refractivity contribution is 6.00. The molecule has 0 aliphatic rings. The van der Waals surface area contributed by atoms with Gasteiger partial charge in [-0.15, -0.1) is 0 Å². The van der Waals surface area contributed by atoms with Crippen molar-refractivity contribution in [2.45, 2.75) is 6.92 Å². The summed E-state index contributed by atoms with van der Waals surface area (Å²) in [6.07, 6.45) is 1.56. The van der Waals surface area contributed by atoms with Crippen molar-refractivity contribution in [1.29, 1.82) is 0 Å². The van der Waals surface area contributed by atoms with E-state index in [1.165, 1.54) is 0 Å². The molecule has 0 radical (unpaired) electrons. The molecule has 0 aliphatic carbocycles. The number of primary amides is 1. The molecule has 0 aliphatic heterocycles. The molecule has 1 heterocycles. The average Bonchev–Trinajstić information content (AvgIpc) is 2.61. The van der Waals surface area contributed by atoms with E-state index in [-0.39, 0.29) is 0 Å². The number of amides is 1. The Morgan fingerprint density at radius 3 is 2.53 bits per heavy atom. The van der Waals surface area contributed by atoms with E-state index in [2.05, 4.69) is 0 Å². The van der Waals surface area contributed by atoms with E-state index >= 15 is 0 Å². The zero-order valence-corrected chi connectivity index (χ0v) is 8.36. The van der Waals surface area contributed by atoms with Crippen molar-refractivity contribution < 1.29 is 9.21 Å². The fraction of sp³-hybridized carbons (Fsp3) is 0.0833. The van der Waals surface area contributed by atoms with E-state index in [9.17, 15) is 4.79 Å². The van der Waals surface area contributed by atoms with Crippen LogP contribution < -0.4 is 5.73 Å². The van der Waals surface area contributed by atoms with Crippen LogP contribution in [-0.2, 0) is 0 Å². The van der Waals surface area contributed by atoms with E-state index in [1.807, 2.05) is 30.3 Å². The summed E-state index contributed by atoms with van der Waals surface area (Å²) >= 11 is 0. The lowest BCUT2D eigenvalue weighted by atomic mass is 10.0. The van der Waals surface area contributed by atoms with Crippen LogP contribution in [-0.4, -0.2) is 5.91 Å². The minimum atomic E-state index is -0.458. The highest BCUT2D eigenvalue weighted by Gasteiger charge is 2.16. The third-order valence-electron chi connectivity index (χ3n) is 2.31. The number of benzene rings is 1. The number of furan rings is 1. The predicted octanol–water partition coefficient (Wildman–Crippen LogP) is 2.35. The van der Waals surface area contributed by atoms with Gasteiger partial charge in [-0.2, -0.15) is 0 Å². The largest absolute Gasteiger partial charge is 0.468 e. The summed E-state index contributed by atoms with van der Waals surface area (Å²) in [5, 5.41) is 0. The lowest BCUT2D eigenvalue weighted by Crippen LogP contribution is -2.12. The van der Waals surface area contributed by atoms with Crippen molar-refractivity contribution in [3.8, 4) is 11.1 Å². The van der Waals surface area contributed by atoms with Crippen LogP contribution in [0, 0.1) is 6.92 Å². The van der Waals surface area contributed by atoms with Gasteiger partial charge in [0.15, 0.2) is 0 Å². The van der Waals surface area contributed by atoms with Crippen LogP contribution in [0.25, 0.3) is 11.1 Å². The van der Waals surface area contributed by atoms with Crippen LogP contribution >= 0.6 is 0 Å². The van der Waals surface area contributed by atoms with Gasteiger partial charge in [0, 0.05) is 5.56 Å². The molecule has 0 unspecified atom stereocenters. The van der Waals surface area contributed by atoms with Gasteiger partial charge < -0.3 is 10.2 Å². The third-order valence-corrected chi connectivity index (χ3v) is 2.31. The van der Waals surface area contributed by atoms with Crippen LogP contribution in [0.4, 0.5) is 0 Å². The summed E-state index contributed by atoms with van der Waals surface area (Å²) in [6, 6.07) is 9.55. The second kappa shape index (κ2) is 3.61. The van der Waals surface area contributed by atoms with Crippen LogP contribution in [0.2, 0.25) is 0 Å². The first-order valence-corrected chi connectivity index (χ1v) is 4.63. The molecule has 3 nitrogen and oxygen atoms in total. The van der Waals surface area contributed by atoms with Crippen molar-refractivity contribution >= 4 is 5.91 Å². The molecule has 1 aromatic carbocycles. The Kier molecular flexibility index (Phi) is 2.29. The quantitative estimate of drug-likeness (QED) is 0.810. The molecule has 0 spiro atoms. The number of rotatable bonds is 2. The van der Waals surface area contributed by atoms with Gasteiger partial charge in [-0.05, 0) is 12.5 Å². The van der Waals surface area contributed by atoms with Crippen LogP contribution in [0.1, 0.15) is 16.1 Å². The molecule has 0 saturated heterocycles. The summed E-state index contributed by atoms with van der Waals surface area (Å²) in [5.41, 5.74) is 7.44. The van der Waals surface area contributed by atoms with E-state index in [1.54, 1.807) is 13.2 Å². The Balaban J connectivity index is 2.59. The minimum Gasteiger partial charge on any atom is -0.468 e. The fourth-order valence-corrected chi connectivity index (χ4v) is 1.59. The summed E-state index contributed by atoms with van der Waals surface area (Å²) < 4.78 is 5.21. The molecule has 0 saturated carbocycles. The molecule has 3 heteroatoms. The van der Waals surface area contributed by atoms with Gasteiger partial charge >= 0.3 is 0 Å². The number of aryl methyl sites for hydroxylation is 1. The predicted molar refractivity (Wildman–Crippen MR) is 57.4 cm³/mol. The lowest BCUT2D eigenvalue weighted by Gasteiger charge is -1.99. The first kappa shape index (κ1) is 9.52. The van der Waals surface area contributed by atoms with Crippen molar-refractivity contribution in [2.75, 3.05) is 0 Å². The molecule has 76 valence electrons. The number of hydrogen-bond donors (Lipinski definition) is 1.